The molecule has 36 heavy (non-hydrogen) atoms. The number of thiazole rings is 1. The van der Waals surface area contributed by atoms with Crippen LogP contribution in [0.5, 0.6) is 5.75 Å². The van der Waals surface area contributed by atoms with Gasteiger partial charge in [0.15, 0.2) is 5.13 Å². The fraction of sp³-hybridized carbons (Fsp3) is 0.370. The van der Waals surface area contributed by atoms with E-state index in [1.54, 1.807) is 12.3 Å². The van der Waals surface area contributed by atoms with E-state index in [1.807, 2.05) is 23.6 Å². The van der Waals surface area contributed by atoms with E-state index < -0.39 is 0 Å². The molecule has 2 N–H and O–H groups in total. The van der Waals surface area contributed by atoms with E-state index >= 15 is 0 Å². The summed E-state index contributed by atoms with van der Waals surface area (Å²) < 4.78 is 11.7. The first-order valence-corrected chi connectivity index (χ1v) is 13.0. The van der Waals surface area contributed by atoms with E-state index in [1.165, 1.54) is 16.9 Å². The number of para-hydroxylation sites is 1. The fourth-order valence-electron chi connectivity index (χ4n) is 4.21. The topological polar surface area (TPSA) is 92.4 Å². The first-order valence-electron chi connectivity index (χ1n) is 12.2. The molecular weight excluding hydrogens is 474 g/mol. The molecule has 2 aromatic carbocycles. The molecule has 9 heteroatoms. The second kappa shape index (κ2) is 10.4. The Morgan fingerprint density at radius 2 is 2.06 bits per heavy atom. The number of H-pyrrole nitrogens is 1. The zero-order chi connectivity index (χ0) is 25.1. The fourth-order valence-corrected chi connectivity index (χ4v) is 4.73. The highest BCUT2D eigenvalue weighted by atomic mass is 32.1. The molecule has 4 aromatic rings. The predicted molar refractivity (Wildman–Crippen MR) is 143 cm³/mol. The van der Waals surface area contributed by atoms with Crippen LogP contribution in [0.25, 0.3) is 22.4 Å². The summed E-state index contributed by atoms with van der Waals surface area (Å²) >= 11 is 1.38. The quantitative estimate of drug-likeness (QED) is 0.369. The van der Waals surface area contributed by atoms with Crippen molar-refractivity contribution < 1.29 is 14.3 Å². The summed E-state index contributed by atoms with van der Waals surface area (Å²) in [4.78, 5) is 27.8. The highest BCUT2D eigenvalue weighted by Crippen LogP contribution is 2.35. The molecule has 1 amide bonds. The number of nitrogens with zero attached hydrogens (tertiary/aromatic N) is 3. The van der Waals surface area contributed by atoms with Crippen LogP contribution in [0, 0.1) is 0 Å². The molecule has 1 aliphatic rings. The number of nitrogens with one attached hydrogen (secondary N) is 2. The van der Waals surface area contributed by atoms with E-state index in [-0.39, 0.29) is 11.3 Å². The van der Waals surface area contributed by atoms with Crippen molar-refractivity contribution in [3.8, 4) is 17.1 Å². The van der Waals surface area contributed by atoms with Crippen molar-refractivity contribution in [1.29, 1.82) is 0 Å². The number of anilines is 1. The summed E-state index contributed by atoms with van der Waals surface area (Å²) in [6.45, 7) is 11.4. The SMILES string of the molecule is CC(C)(C)c1ccc(OCCN2CCOCC2)c(-c2nc3c(C(=O)Nc4nccs4)cccc3[nH]2)c1. The summed E-state index contributed by atoms with van der Waals surface area (Å²) in [5.41, 5.74) is 3.92. The monoisotopic (exact) mass is 505 g/mol. The van der Waals surface area contributed by atoms with Gasteiger partial charge in [0.2, 0.25) is 0 Å². The minimum Gasteiger partial charge on any atom is -0.491 e. The van der Waals surface area contributed by atoms with Crippen LogP contribution in [-0.2, 0) is 10.2 Å². The Labute approximate surface area is 214 Å². The number of hydrogen-bond acceptors (Lipinski definition) is 7. The summed E-state index contributed by atoms with van der Waals surface area (Å²) in [6, 6.07) is 11.8. The normalized spacial score (nSPS) is 14.8. The average Bonchev–Trinajstić information content (AvgIpc) is 3.54. The molecule has 0 unspecified atom stereocenters. The molecule has 5 rings (SSSR count). The van der Waals surface area contributed by atoms with Crippen molar-refractivity contribution in [2.24, 2.45) is 0 Å². The van der Waals surface area contributed by atoms with Crippen LogP contribution in [0.4, 0.5) is 5.13 Å². The summed E-state index contributed by atoms with van der Waals surface area (Å²) in [7, 11) is 0. The second-order valence-electron chi connectivity index (χ2n) is 9.84. The lowest BCUT2D eigenvalue weighted by molar-refractivity contribution is 0.0323. The molecule has 2 aromatic heterocycles. The number of rotatable bonds is 7. The minimum atomic E-state index is -0.237. The van der Waals surface area contributed by atoms with Gasteiger partial charge in [0.25, 0.3) is 5.91 Å². The molecule has 0 spiro atoms. The number of fused-ring (bicyclic) bond motifs is 1. The third-order valence-electron chi connectivity index (χ3n) is 6.28. The molecule has 1 saturated heterocycles. The molecule has 0 radical (unpaired) electrons. The zero-order valence-electron chi connectivity index (χ0n) is 20.8. The van der Waals surface area contributed by atoms with Crippen LogP contribution in [0.15, 0.2) is 48.0 Å². The van der Waals surface area contributed by atoms with E-state index in [9.17, 15) is 4.79 Å². The van der Waals surface area contributed by atoms with Gasteiger partial charge in [0, 0.05) is 31.2 Å². The molecule has 1 aliphatic heterocycles. The predicted octanol–water partition coefficient (Wildman–Crippen LogP) is 4.95. The van der Waals surface area contributed by atoms with Crippen LogP contribution in [0.2, 0.25) is 0 Å². The number of amides is 1. The van der Waals surface area contributed by atoms with Gasteiger partial charge in [-0.3, -0.25) is 15.0 Å². The number of carbonyl (C=O) groups is 1. The number of carbonyl (C=O) groups excluding carboxylic acids is 1. The van der Waals surface area contributed by atoms with E-state index in [0.717, 1.165) is 49.7 Å². The Morgan fingerprint density at radius 3 is 2.81 bits per heavy atom. The minimum absolute atomic E-state index is 0.0359. The maximum absolute atomic E-state index is 13.0. The zero-order valence-corrected chi connectivity index (χ0v) is 21.7. The number of ether oxygens (including phenoxy) is 2. The molecular formula is C27H31N5O3S. The van der Waals surface area contributed by atoms with E-state index in [2.05, 4.69) is 53.1 Å². The number of morpholine rings is 1. The van der Waals surface area contributed by atoms with Gasteiger partial charge in [-0.1, -0.05) is 32.9 Å². The summed E-state index contributed by atoms with van der Waals surface area (Å²) in [5.74, 6) is 1.20. The number of hydrogen-bond donors (Lipinski definition) is 2. The van der Waals surface area contributed by atoms with Crippen molar-refractivity contribution in [3.05, 3.63) is 59.1 Å². The Balaban J connectivity index is 1.46. The van der Waals surface area contributed by atoms with Crippen molar-refractivity contribution in [2.45, 2.75) is 26.2 Å². The van der Waals surface area contributed by atoms with Gasteiger partial charge in [-0.05, 0) is 35.2 Å². The van der Waals surface area contributed by atoms with Crippen LogP contribution in [0.1, 0.15) is 36.7 Å². The van der Waals surface area contributed by atoms with Crippen molar-refractivity contribution >= 4 is 33.4 Å². The van der Waals surface area contributed by atoms with Gasteiger partial charge < -0.3 is 14.5 Å². The highest BCUT2D eigenvalue weighted by molar-refractivity contribution is 7.13. The van der Waals surface area contributed by atoms with Crippen molar-refractivity contribution in [3.63, 3.8) is 0 Å². The van der Waals surface area contributed by atoms with E-state index in [0.29, 0.717) is 28.6 Å². The molecule has 188 valence electrons. The van der Waals surface area contributed by atoms with Crippen LogP contribution in [0.3, 0.4) is 0 Å². The van der Waals surface area contributed by atoms with Crippen LogP contribution < -0.4 is 10.1 Å². The van der Waals surface area contributed by atoms with Gasteiger partial charge in [0.1, 0.15) is 23.7 Å². The average molecular weight is 506 g/mol. The standard InChI is InChI=1S/C27H31N5O3S/c1-27(2,3)18-7-8-22(35-15-12-32-10-13-34-14-11-32)20(17-18)24-29-21-6-4-5-19(23(21)30-24)25(33)31-26-28-9-16-36-26/h4-9,16-17H,10-15H2,1-3H3,(H,29,30)(H,28,31,33). The van der Waals surface area contributed by atoms with Crippen molar-refractivity contribution in [2.75, 3.05) is 44.8 Å². The van der Waals surface area contributed by atoms with Gasteiger partial charge in [-0.25, -0.2) is 9.97 Å². The first kappa shape index (κ1) is 24.4. The maximum atomic E-state index is 13.0. The Morgan fingerprint density at radius 1 is 1.22 bits per heavy atom. The van der Waals surface area contributed by atoms with Gasteiger partial charge in [-0.2, -0.15) is 0 Å². The number of benzene rings is 2. The van der Waals surface area contributed by atoms with Crippen LogP contribution >= 0.6 is 11.3 Å². The van der Waals surface area contributed by atoms with E-state index in [4.69, 9.17) is 14.5 Å². The largest absolute Gasteiger partial charge is 0.491 e. The number of aromatic amines is 1. The van der Waals surface area contributed by atoms with Gasteiger partial charge in [0.05, 0.1) is 29.9 Å². The van der Waals surface area contributed by atoms with Gasteiger partial charge in [-0.15, -0.1) is 11.3 Å². The lowest BCUT2D eigenvalue weighted by Gasteiger charge is -2.26. The molecule has 1 fully saturated rings. The Hall–Kier alpha value is -3.27. The lowest BCUT2D eigenvalue weighted by atomic mass is 9.86. The maximum Gasteiger partial charge on any atom is 0.259 e. The molecule has 8 nitrogen and oxygen atoms in total. The molecule has 0 saturated carbocycles. The van der Waals surface area contributed by atoms with Crippen molar-refractivity contribution in [1.82, 2.24) is 19.9 Å². The number of aromatic nitrogens is 3. The Kier molecular flexibility index (Phi) is 7.04. The summed E-state index contributed by atoms with van der Waals surface area (Å²) in [5, 5.41) is 5.24. The molecule has 0 atom stereocenters. The lowest BCUT2D eigenvalue weighted by Crippen LogP contribution is -2.38. The second-order valence-corrected chi connectivity index (χ2v) is 10.7. The smallest absolute Gasteiger partial charge is 0.259 e. The third-order valence-corrected chi connectivity index (χ3v) is 6.97. The summed E-state index contributed by atoms with van der Waals surface area (Å²) in [6.07, 6.45) is 1.66. The third kappa shape index (κ3) is 5.43. The number of imidazole rings is 1. The molecule has 0 aliphatic carbocycles. The molecule has 0 bridgehead atoms. The van der Waals surface area contributed by atoms with Crippen LogP contribution in [-0.4, -0.2) is 65.2 Å². The van der Waals surface area contributed by atoms with Gasteiger partial charge >= 0.3 is 0 Å². The molecule has 3 heterocycles. The Bertz CT molecular complexity index is 1340. The highest BCUT2D eigenvalue weighted by Gasteiger charge is 2.21. The first-order chi connectivity index (χ1) is 17.4.